The van der Waals surface area contributed by atoms with Crippen LogP contribution in [-0.2, 0) is 14.3 Å². The second-order valence-electron chi connectivity index (χ2n) is 3.26. The van der Waals surface area contributed by atoms with Gasteiger partial charge >= 0.3 is 5.97 Å². The van der Waals surface area contributed by atoms with Crippen LogP contribution in [0.15, 0.2) is 0 Å². The van der Waals surface area contributed by atoms with Gasteiger partial charge in [0.05, 0.1) is 7.11 Å². The van der Waals surface area contributed by atoms with Gasteiger partial charge in [-0.05, 0) is 12.8 Å². The highest BCUT2D eigenvalue weighted by atomic mass is 16.5. The summed E-state index contributed by atoms with van der Waals surface area (Å²) in [7, 11) is 1.15. The van der Waals surface area contributed by atoms with Crippen LogP contribution in [0, 0.1) is 5.92 Å². The Hall–Kier alpha value is -0.980. The zero-order valence-corrected chi connectivity index (χ0v) is 8.68. The molecular weight excluding hydrogens is 202 g/mol. The predicted octanol–water partition coefficient (Wildman–Crippen LogP) is -1.56. The number of carbonyl (C=O) groups excluding carboxylic acids is 2. The van der Waals surface area contributed by atoms with Crippen molar-refractivity contribution >= 4 is 12.3 Å². The van der Waals surface area contributed by atoms with E-state index in [0.29, 0.717) is 6.29 Å². The molecule has 0 saturated carbocycles. The average Bonchev–Trinajstić information content (AvgIpc) is 2.24. The van der Waals surface area contributed by atoms with Crippen LogP contribution < -0.4 is 5.73 Å². The van der Waals surface area contributed by atoms with Crippen LogP contribution in [-0.4, -0.2) is 48.3 Å². The van der Waals surface area contributed by atoms with Crippen molar-refractivity contribution in [2.24, 2.45) is 11.7 Å². The van der Waals surface area contributed by atoms with Crippen molar-refractivity contribution in [3.05, 3.63) is 0 Å². The molecule has 2 unspecified atom stereocenters. The number of rotatable bonds is 7. The maximum absolute atomic E-state index is 11.4. The molecule has 0 aliphatic heterocycles. The van der Waals surface area contributed by atoms with Crippen LogP contribution in [0.5, 0.6) is 0 Å². The number of esters is 1. The zero-order chi connectivity index (χ0) is 11.9. The fraction of sp³-hybridized carbons (Fsp3) is 0.778. The molecule has 0 aliphatic rings. The average molecular weight is 219 g/mol. The molecule has 0 aromatic rings. The summed E-state index contributed by atoms with van der Waals surface area (Å²) < 4.78 is 4.48. The van der Waals surface area contributed by atoms with Crippen LogP contribution >= 0.6 is 0 Å². The maximum atomic E-state index is 11.4. The molecule has 0 aliphatic carbocycles. The number of aliphatic hydroxyl groups excluding tert-OH is 2. The lowest BCUT2D eigenvalue weighted by Crippen LogP contribution is -2.56. The Bertz CT molecular complexity index is 221. The molecule has 0 radical (unpaired) electrons. The van der Waals surface area contributed by atoms with Crippen molar-refractivity contribution in [3.63, 3.8) is 0 Å². The van der Waals surface area contributed by atoms with Gasteiger partial charge in [0.2, 0.25) is 0 Å². The number of hydrogen-bond acceptors (Lipinski definition) is 6. The van der Waals surface area contributed by atoms with Gasteiger partial charge < -0.3 is 25.5 Å². The van der Waals surface area contributed by atoms with E-state index < -0.39 is 17.4 Å². The predicted molar refractivity (Wildman–Crippen MR) is 51.9 cm³/mol. The lowest BCUT2D eigenvalue weighted by molar-refractivity contribution is -0.151. The Morgan fingerprint density at radius 2 is 2.13 bits per heavy atom. The lowest BCUT2D eigenvalue weighted by Gasteiger charge is -2.30. The van der Waals surface area contributed by atoms with Gasteiger partial charge in [0.15, 0.2) is 0 Å². The first-order valence-electron chi connectivity index (χ1n) is 4.61. The van der Waals surface area contributed by atoms with Crippen molar-refractivity contribution in [2.75, 3.05) is 20.3 Å². The first-order valence-corrected chi connectivity index (χ1v) is 4.61. The summed E-state index contributed by atoms with van der Waals surface area (Å²) in [5, 5.41) is 17.5. The third kappa shape index (κ3) is 3.26. The minimum atomic E-state index is -1.56. The third-order valence-electron chi connectivity index (χ3n) is 2.36. The van der Waals surface area contributed by atoms with Crippen LogP contribution in [0.3, 0.4) is 0 Å². The summed E-state index contributed by atoms with van der Waals surface area (Å²) in [6.07, 6.45) is 0.487. The number of methoxy groups -OCH3 is 1. The van der Waals surface area contributed by atoms with Gasteiger partial charge in [-0.3, -0.25) is 4.79 Å². The van der Waals surface area contributed by atoms with Gasteiger partial charge in [-0.1, -0.05) is 0 Å². The van der Waals surface area contributed by atoms with Gasteiger partial charge in [0, 0.05) is 19.1 Å². The minimum absolute atomic E-state index is 0.0646. The van der Waals surface area contributed by atoms with Gasteiger partial charge in [0.25, 0.3) is 0 Å². The molecule has 0 bridgehead atoms. The summed E-state index contributed by atoms with van der Waals surface area (Å²) in [6, 6.07) is 0. The first kappa shape index (κ1) is 14.0. The Labute approximate surface area is 88.0 Å². The molecule has 0 aromatic heterocycles. The van der Waals surface area contributed by atoms with Crippen LogP contribution in [0.2, 0.25) is 0 Å². The molecule has 88 valence electrons. The summed E-state index contributed by atoms with van der Waals surface area (Å²) in [5.74, 6) is -1.62. The van der Waals surface area contributed by atoms with Crippen LogP contribution in [0.25, 0.3) is 0 Å². The SMILES string of the molecule is COC(=O)C(N)(CCO)C(C=O)CCO. The van der Waals surface area contributed by atoms with E-state index in [1.54, 1.807) is 0 Å². The van der Waals surface area contributed by atoms with Gasteiger partial charge in [-0.25, -0.2) is 0 Å². The molecule has 4 N–H and O–H groups in total. The standard InChI is InChI=1S/C9H17NO5/c1-15-8(14)9(10,3-5-12)7(6-13)2-4-11/h6-7,11-12H,2-5,10H2,1H3. The Balaban J connectivity index is 4.87. The number of ether oxygens (including phenoxy) is 1. The number of hydrogen-bond donors (Lipinski definition) is 3. The highest BCUT2D eigenvalue weighted by molar-refractivity contribution is 5.84. The Morgan fingerprint density at radius 1 is 1.53 bits per heavy atom. The van der Waals surface area contributed by atoms with Gasteiger partial charge in [-0.15, -0.1) is 0 Å². The fourth-order valence-corrected chi connectivity index (χ4v) is 1.40. The monoisotopic (exact) mass is 219 g/mol. The molecule has 0 spiro atoms. The fourth-order valence-electron chi connectivity index (χ4n) is 1.40. The van der Waals surface area contributed by atoms with E-state index in [0.717, 1.165) is 7.11 Å². The van der Waals surface area contributed by atoms with Crippen molar-refractivity contribution in [2.45, 2.75) is 18.4 Å². The molecule has 15 heavy (non-hydrogen) atoms. The lowest BCUT2D eigenvalue weighted by atomic mass is 9.81. The molecule has 2 atom stereocenters. The molecule has 0 aromatic carbocycles. The van der Waals surface area contributed by atoms with E-state index in [9.17, 15) is 9.59 Å². The van der Waals surface area contributed by atoms with E-state index in [1.165, 1.54) is 0 Å². The molecule has 0 amide bonds. The largest absolute Gasteiger partial charge is 0.468 e. The van der Waals surface area contributed by atoms with E-state index in [2.05, 4.69) is 4.74 Å². The number of aliphatic hydroxyl groups is 2. The molecule has 0 heterocycles. The minimum Gasteiger partial charge on any atom is -0.468 e. The summed E-state index contributed by atoms with van der Waals surface area (Å²) >= 11 is 0. The van der Waals surface area contributed by atoms with E-state index in [1.807, 2.05) is 0 Å². The topological polar surface area (TPSA) is 110 Å². The third-order valence-corrected chi connectivity index (χ3v) is 2.36. The molecule has 6 nitrogen and oxygen atoms in total. The molecule has 0 saturated heterocycles. The Kier molecular flexibility index (Phi) is 6.07. The molecule has 6 heteroatoms. The zero-order valence-electron chi connectivity index (χ0n) is 8.68. The van der Waals surface area contributed by atoms with Crippen molar-refractivity contribution < 1.29 is 24.5 Å². The van der Waals surface area contributed by atoms with Crippen molar-refractivity contribution in [1.82, 2.24) is 0 Å². The second-order valence-corrected chi connectivity index (χ2v) is 3.26. The normalized spacial score (nSPS) is 16.5. The van der Waals surface area contributed by atoms with Crippen molar-refractivity contribution in [3.8, 4) is 0 Å². The number of nitrogens with two attached hydrogens (primary N) is 1. The van der Waals surface area contributed by atoms with E-state index >= 15 is 0 Å². The number of carbonyl (C=O) groups is 2. The van der Waals surface area contributed by atoms with E-state index in [-0.39, 0.29) is 26.1 Å². The quantitative estimate of drug-likeness (QED) is 0.353. The summed E-state index contributed by atoms with van der Waals surface area (Å²) in [5.41, 5.74) is 4.17. The van der Waals surface area contributed by atoms with E-state index in [4.69, 9.17) is 15.9 Å². The maximum Gasteiger partial charge on any atom is 0.326 e. The summed E-state index contributed by atoms with van der Waals surface area (Å²) in [6.45, 7) is -0.591. The molecule has 0 rings (SSSR count). The van der Waals surface area contributed by atoms with Crippen molar-refractivity contribution in [1.29, 1.82) is 0 Å². The van der Waals surface area contributed by atoms with Crippen LogP contribution in [0.4, 0.5) is 0 Å². The van der Waals surface area contributed by atoms with Crippen LogP contribution in [0.1, 0.15) is 12.8 Å². The highest BCUT2D eigenvalue weighted by Crippen LogP contribution is 2.21. The van der Waals surface area contributed by atoms with Gasteiger partial charge in [-0.2, -0.15) is 0 Å². The Morgan fingerprint density at radius 3 is 2.47 bits per heavy atom. The number of aldehydes is 1. The molecular formula is C9H17NO5. The molecule has 0 fully saturated rings. The van der Waals surface area contributed by atoms with Gasteiger partial charge in [0.1, 0.15) is 11.8 Å². The summed E-state index contributed by atoms with van der Waals surface area (Å²) in [4.78, 5) is 22.2. The highest BCUT2D eigenvalue weighted by Gasteiger charge is 2.42. The first-order chi connectivity index (χ1) is 7.06. The second kappa shape index (κ2) is 6.49. The smallest absolute Gasteiger partial charge is 0.326 e.